The summed E-state index contributed by atoms with van der Waals surface area (Å²) in [7, 11) is 0. The fourth-order valence-electron chi connectivity index (χ4n) is 2.25. The van der Waals surface area contributed by atoms with E-state index < -0.39 is 12.8 Å². The molecule has 0 aliphatic carbocycles. The van der Waals surface area contributed by atoms with E-state index in [1.165, 1.54) is 18.3 Å². The number of carbonyl (C=O) groups excluding carboxylic acids is 1. The Hall–Kier alpha value is -1.83. The van der Waals surface area contributed by atoms with Gasteiger partial charge in [-0.25, -0.2) is 4.98 Å². The molecule has 0 bridgehead atoms. The third-order valence-corrected chi connectivity index (χ3v) is 3.46. The van der Waals surface area contributed by atoms with Gasteiger partial charge in [-0.3, -0.25) is 4.79 Å². The van der Waals surface area contributed by atoms with E-state index in [-0.39, 0.29) is 29.4 Å². The standard InChI is InChI=1S/C14H18F3N3O2/c1-9-11(3-2-6-18-9)20-13(21)10-4-5-12(19-7-10)22-8-14(15,16)17/h4-5,7,9,11,18H,2-3,6,8H2,1H3,(H,20,21). The van der Waals surface area contributed by atoms with Crippen LogP contribution in [0.15, 0.2) is 18.3 Å². The molecular formula is C14H18F3N3O2. The minimum Gasteiger partial charge on any atom is -0.468 e. The molecule has 122 valence electrons. The number of carbonyl (C=O) groups is 1. The highest BCUT2D eigenvalue weighted by Crippen LogP contribution is 2.17. The van der Waals surface area contributed by atoms with E-state index in [0.29, 0.717) is 0 Å². The Morgan fingerprint density at radius 1 is 1.50 bits per heavy atom. The van der Waals surface area contributed by atoms with Crippen molar-refractivity contribution in [3.05, 3.63) is 23.9 Å². The smallest absolute Gasteiger partial charge is 0.422 e. The predicted octanol–water partition coefficient (Wildman–Crippen LogP) is 1.89. The maximum Gasteiger partial charge on any atom is 0.422 e. The molecule has 2 rings (SSSR count). The van der Waals surface area contributed by atoms with E-state index in [9.17, 15) is 18.0 Å². The van der Waals surface area contributed by atoms with Gasteiger partial charge in [0.1, 0.15) is 0 Å². The number of hydrogen-bond donors (Lipinski definition) is 2. The van der Waals surface area contributed by atoms with Gasteiger partial charge in [0.05, 0.1) is 5.56 Å². The summed E-state index contributed by atoms with van der Waals surface area (Å²) in [5, 5.41) is 6.17. The Balaban J connectivity index is 1.90. The van der Waals surface area contributed by atoms with E-state index in [1.54, 1.807) is 0 Å². The minimum absolute atomic E-state index is 0.0300. The molecule has 1 aromatic heterocycles. The van der Waals surface area contributed by atoms with Gasteiger partial charge in [0.25, 0.3) is 5.91 Å². The average molecular weight is 317 g/mol. The first-order valence-electron chi connectivity index (χ1n) is 7.05. The predicted molar refractivity (Wildman–Crippen MR) is 73.7 cm³/mol. The first kappa shape index (κ1) is 16.5. The average Bonchev–Trinajstić information content (AvgIpc) is 2.47. The van der Waals surface area contributed by atoms with Crippen LogP contribution in [-0.2, 0) is 0 Å². The van der Waals surface area contributed by atoms with Gasteiger partial charge < -0.3 is 15.4 Å². The van der Waals surface area contributed by atoms with Crippen LogP contribution in [0.2, 0.25) is 0 Å². The first-order chi connectivity index (χ1) is 10.3. The number of aromatic nitrogens is 1. The fraction of sp³-hybridized carbons (Fsp3) is 0.571. The van der Waals surface area contributed by atoms with Crippen molar-refractivity contribution in [2.24, 2.45) is 0 Å². The molecule has 0 spiro atoms. The molecule has 0 radical (unpaired) electrons. The zero-order chi connectivity index (χ0) is 16.2. The zero-order valence-corrected chi connectivity index (χ0v) is 12.1. The molecule has 2 heterocycles. The van der Waals surface area contributed by atoms with Gasteiger partial charge in [-0.15, -0.1) is 0 Å². The number of piperidine rings is 1. The number of amides is 1. The monoisotopic (exact) mass is 317 g/mol. The number of alkyl halides is 3. The van der Waals surface area contributed by atoms with Crippen LogP contribution in [0.3, 0.4) is 0 Å². The fourth-order valence-corrected chi connectivity index (χ4v) is 2.25. The largest absolute Gasteiger partial charge is 0.468 e. The van der Waals surface area contributed by atoms with Crippen molar-refractivity contribution < 1.29 is 22.7 Å². The highest BCUT2D eigenvalue weighted by Gasteiger charge is 2.28. The van der Waals surface area contributed by atoms with Gasteiger partial charge in [-0.05, 0) is 32.4 Å². The Morgan fingerprint density at radius 2 is 2.27 bits per heavy atom. The molecule has 1 saturated heterocycles. The van der Waals surface area contributed by atoms with Crippen LogP contribution in [0.4, 0.5) is 13.2 Å². The van der Waals surface area contributed by atoms with Crippen molar-refractivity contribution in [1.29, 1.82) is 0 Å². The van der Waals surface area contributed by atoms with Crippen molar-refractivity contribution in [3.63, 3.8) is 0 Å². The lowest BCUT2D eigenvalue weighted by atomic mass is 9.99. The van der Waals surface area contributed by atoms with Crippen molar-refractivity contribution >= 4 is 5.91 Å². The summed E-state index contributed by atoms with van der Waals surface area (Å²) in [5.41, 5.74) is 0.289. The van der Waals surface area contributed by atoms with Gasteiger partial charge in [-0.2, -0.15) is 13.2 Å². The maximum atomic E-state index is 12.1. The molecule has 2 atom stereocenters. The molecule has 8 heteroatoms. The summed E-state index contributed by atoms with van der Waals surface area (Å²) in [4.78, 5) is 15.8. The number of hydrogen-bond acceptors (Lipinski definition) is 4. The molecule has 0 aromatic carbocycles. The van der Waals surface area contributed by atoms with Crippen LogP contribution in [0.5, 0.6) is 5.88 Å². The second kappa shape index (κ2) is 6.95. The van der Waals surface area contributed by atoms with E-state index in [2.05, 4.69) is 20.4 Å². The molecule has 2 unspecified atom stereocenters. The lowest BCUT2D eigenvalue weighted by Crippen LogP contribution is -2.51. The number of pyridine rings is 1. The van der Waals surface area contributed by atoms with Crippen LogP contribution in [-0.4, -0.2) is 42.3 Å². The quantitative estimate of drug-likeness (QED) is 0.890. The van der Waals surface area contributed by atoms with Gasteiger partial charge in [-0.1, -0.05) is 0 Å². The van der Waals surface area contributed by atoms with Gasteiger partial charge in [0, 0.05) is 24.3 Å². The number of ether oxygens (including phenoxy) is 1. The molecule has 0 saturated carbocycles. The van der Waals surface area contributed by atoms with Crippen molar-refractivity contribution in [2.75, 3.05) is 13.2 Å². The summed E-state index contributed by atoms with van der Waals surface area (Å²) >= 11 is 0. The summed E-state index contributed by atoms with van der Waals surface area (Å²) in [6.45, 7) is 1.52. The third kappa shape index (κ3) is 4.87. The molecule has 22 heavy (non-hydrogen) atoms. The third-order valence-electron chi connectivity index (χ3n) is 3.46. The summed E-state index contributed by atoms with van der Waals surface area (Å²) < 4.78 is 40.6. The van der Waals surface area contributed by atoms with Crippen molar-refractivity contribution in [3.8, 4) is 5.88 Å². The summed E-state index contributed by atoms with van der Waals surface area (Å²) in [5.74, 6) is -0.461. The lowest BCUT2D eigenvalue weighted by Gasteiger charge is -2.30. The number of halogens is 3. The number of nitrogens with one attached hydrogen (secondary N) is 2. The van der Waals surface area contributed by atoms with E-state index in [0.717, 1.165) is 19.4 Å². The second-order valence-electron chi connectivity index (χ2n) is 5.25. The van der Waals surface area contributed by atoms with Crippen molar-refractivity contribution in [2.45, 2.75) is 38.0 Å². The molecule has 1 aliphatic heterocycles. The molecular weight excluding hydrogens is 299 g/mol. The summed E-state index contributed by atoms with van der Waals surface area (Å²) in [6.07, 6.45) is -1.33. The van der Waals surface area contributed by atoms with E-state index in [1.807, 2.05) is 6.92 Å². The maximum absolute atomic E-state index is 12.1. The SMILES string of the molecule is CC1NCCCC1NC(=O)c1ccc(OCC(F)(F)F)nc1. The van der Waals surface area contributed by atoms with Gasteiger partial charge >= 0.3 is 6.18 Å². The van der Waals surface area contributed by atoms with Crippen LogP contribution in [0, 0.1) is 0 Å². The molecule has 5 nitrogen and oxygen atoms in total. The number of nitrogens with zero attached hydrogens (tertiary/aromatic N) is 1. The Morgan fingerprint density at radius 3 is 2.86 bits per heavy atom. The summed E-state index contributed by atoms with van der Waals surface area (Å²) in [6, 6.07) is 2.86. The Labute approximate surface area is 126 Å². The zero-order valence-electron chi connectivity index (χ0n) is 12.1. The van der Waals surface area contributed by atoms with Crippen LogP contribution < -0.4 is 15.4 Å². The lowest BCUT2D eigenvalue weighted by molar-refractivity contribution is -0.154. The Kier molecular flexibility index (Phi) is 5.23. The second-order valence-corrected chi connectivity index (χ2v) is 5.25. The Bertz CT molecular complexity index is 505. The highest BCUT2D eigenvalue weighted by molar-refractivity contribution is 5.94. The van der Waals surface area contributed by atoms with Gasteiger partial charge in [0.15, 0.2) is 6.61 Å². The van der Waals surface area contributed by atoms with Crippen LogP contribution >= 0.6 is 0 Å². The van der Waals surface area contributed by atoms with E-state index >= 15 is 0 Å². The number of rotatable bonds is 4. The molecule has 1 aromatic rings. The van der Waals surface area contributed by atoms with Crippen LogP contribution in [0.1, 0.15) is 30.1 Å². The van der Waals surface area contributed by atoms with Crippen LogP contribution in [0.25, 0.3) is 0 Å². The van der Waals surface area contributed by atoms with Crippen molar-refractivity contribution in [1.82, 2.24) is 15.6 Å². The highest BCUT2D eigenvalue weighted by atomic mass is 19.4. The normalized spacial score (nSPS) is 22.2. The molecule has 1 amide bonds. The molecule has 1 aliphatic rings. The topological polar surface area (TPSA) is 63.2 Å². The van der Waals surface area contributed by atoms with Gasteiger partial charge in [0.2, 0.25) is 5.88 Å². The minimum atomic E-state index is -4.41. The van der Waals surface area contributed by atoms with E-state index in [4.69, 9.17) is 0 Å². The molecule has 1 fully saturated rings. The first-order valence-corrected chi connectivity index (χ1v) is 7.05. The molecule has 2 N–H and O–H groups in total.